The maximum Gasteiger partial charge on any atom is 0.267 e. The van der Waals surface area contributed by atoms with Crippen molar-refractivity contribution >= 4 is 22.6 Å². The van der Waals surface area contributed by atoms with E-state index in [0.717, 1.165) is 36.1 Å². The van der Waals surface area contributed by atoms with Crippen molar-refractivity contribution in [1.82, 2.24) is 18.9 Å². The first-order valence-electron chi connectivity index (χ1n) is 14.0. The summed E-state index contributed by atoms with van der Waals surface area (Å²) in [5, 5.41) is 9.49. The summed E-state index contributed by atoms with van der Waals surface area (Å²) in [6, 6.07) is 23.3. The molecule has 1 amide bonds. The van der Waals surface area contributed by atoms with Gasteiger partial charge in [0.05, 0.1) is 24.6 Å². The molecule has 3 aromatic heterocycles. The van der Waals surface area contributed by atoms with Crippen molar-refractivity contribution in [2.24, 2.45) is 5.92 Å². The first-order chi connectivity index (χ1) is 19.9. The Bertz CT molecular complexity index is 1850. The van der Waals surface area contributed by atoms with Crippen LogP contribution in [0.15, 0.2) is 83.8 Å². The molecule has 41 heavy (non-hydrogen) atoms. The minimum absolute atomic E-state index is 0.0505. The Morgan fingerprint density at radius 2 is 1.71 bits per heavy atom. The lowest BCUT2D eigenvalue weighted by atomic mass is 9.90. The molecule has 208 valence electrons. The van der Waals surface area contributed by atoms with Crippen LogP contribution in [0.25, 0.3) is 16.7 Å². The monoisotopic (exact) mass is 547 g/mol. The predicted molar refractivity (Wildman–Crippen MR) is 158 cm³/mol. The second-order valence-corrected chi connectivity index (χ2v) is 10.8. The fraction of sp³-hybridized carbons (Fsp3) is 0.273. The van der Waals surface area contributed by atoms with Crippen molar-refractivity contribution < 1.29 is 9.53 Å². The predicted octanol–water partition coefficient (Wildman–Crippen LogP) is 4.59. The minimum atomic E-state index is -0.257. The molecule has 8 nitrogen and oxygen atoms in total. The molecule has 0 spiro atoms. The highest BCUT2D eigenvalue weighted by molar-refractivity contribution is 5.97. The number of carbonyl (C=O) groups is 1. The first-order valence-corrected chi connectivity index (χ1v) is 14.0. The van der Waals surface area contributed by atoms with Gasteiger partial charge in [0.25, 0.3) is 11.5 Å². The average Bonchev–Trinajstić information content (AvgIpc) is 3.00. The van der Waals surface area contributed by atoms with E-state index in [1.165, 1.54) is 9.96 Å². The number of hydrogen-bond acceptors (Lipinski definition) is 5. The van der Waals surface area contributed by atoms with E-state index in [1.807, 2.05) is 54.3 Å². The molecule has 0 atom stereocenters. The first kappa shape index (κ1) is 26.5. The average molecular weight is 548 g/mol. The number of pyridine rings is 2. The summed E-state index contributed by atoms with van der Waals surface area (Å²) < 4.78 is 8.50. The van der Waals surface area contributed by atoms with Crippen LogP contribution in [0.3, 0.4) is 0 Å². The number of benzene rings is 2. The van der Waals surface area contributed by atoms with Gasteiger partial charge in [-0.25, -0.2) is 4.98 Å². The summed E-state index contributed by atoms with van der Waals surface area (Å²) in [4.78, 5) is 34.3. The number of aromatic nitrogens is 3. The molecule has 0 radical (unpaired) electrons. The molecule has 1 aliphatic rings. The van der Waals surface area contributed by atoms with Crippen molar-refractivity contribution in [3.8, 4) is 5.75 Å². The fourth-order valence-corrected chi connectivity index (χ4v) is 5.78. The van der Waals surface area contributed by atoms with Gasteiger partial charge in [-0.3, -0.25) is 19.4 Å². The summed E-state index contributed by atoms with van der Waals surface area (Å²) in [5.41, 5.74) is 4.02. The molecular weight excluding hydrogens is 514 g/mol. The van der Waals surface area contributed by atoms with E-state index in [0.29, 0.717) is 35.7 Å². The SMILES string of the molecule is COc1ccc(Cn2c(=N)c(C(=O)N3CCC(Cc4ccccc4)CC3)cc3c(=O)n4cccc(C)c4nc32)cc1. The lowest BCUT2D eigenvalue weighted by Gasteiger charge is -2.32. The van der Waals surface area contributed by atoms with Crippen molar-refractivity contribution in [3.05, 3.63) is 117 Å². The van der Waals surface area contributed by atoms with E-state index in [4.69, 9.17) is 15.1 Å². The molecule has 0 bridgehead atoms. The summed E-state index contributed by atoms with van der Waals surface area (Å²) in [5.74, 6) is 1.02. The number of methoxy groups -OCH3 is 1. The number of amides is 1. The van der Waals surface area contributed by atoms with Crippen LogP contribution >= 0.6 is 0 Å². The van der Waals surface area contributed by atoms with Crippen LogP contribution < -0.4 is 15.8 Å². The summed E-state index contributed by atoms with van der Waals surface area (Å²) in [7, 11) is 1.61. The highest BCUT2D eigenvalue weighted by Crippen LogP contribution is 2.23. The Balaban J connectivity index is 1.39. The Morgan fingerprint density at radius 1 is 0.976 bits per heavy atom. The zero-order valence-corrected chi connectivity index (χ0v) is 23.3. The normalized spacial score (nSPS) is 14.0. The zero-order valence-electron chi connectivity index (χ0n) is 23.3. The van der Waals surface area contributed by atoms with Gasteiger partial charge in [0.1, 0.15) is 22.5 Å². The Kier molecular flexibility index (Phi) is 7.14. The molecule has 1 saturated heterocycles. The minimum Gasteiger partial charge on any atom is -0.497 e. The highest BCUT2D eigenvalue weighted by atomic mass is 16.5. The maximum atomic E-state index is 13.9. The second kappa shape index (κ2) is 11.0. The largest absolute Gasteiger partial charge is 0.497 e. The van der Waals surface area contributed by atoms with E-state index in [1.54, 1.807) is 23.9 Å². The van der Waals surface area contributed by atoms with Crippen LogP contribution in [-0.2, 0) is 13.0 Å². The molecule has 8 heteroatoms. The molecule has 0 saturated carbocycles. The summed E-state index contributed by atoms with van der Waals surface area (Å²) in [6.07, 6.45) is 4.50. The number of carbonyl (C=O) groups excluding carboxylic acids is 1. The van der Waals surface area contributed by atoms with Crippen LogP contribution in [0, 0.1) is 18.3 Å². The van der Waals surface area contributed by atoms with E-state index in [-0.39, 0.29) is 29.1 Å². The van der Waals surface area contributed by atoms with E-state index in [2.05, 4.69) is 24.3 Å². The number of likely N-dealkylation sites (tertiary alicyclic amines) is 1. The van der Waals surface area contributed by atoms with Crippen LogP contribution in [0.5, 0.6) is 5.75 Å². The van der Waals surface area contributed by atoms with Crippen LogP contribution in [0.2, 0.25) is 0 Å². The smallest absolute Gasteiger partial charge is 0.267 e. The Labute approximate surface area is 238 Å². The van der Waals surface area contributed by atoms with Gasteiger partial charge < -0.3 is 14.2 Å². The third-order valence-corrected chi connectivity index (χ3v) is 8.13. The molecular formula is C33H33N5O3. The lowest BCUT2D eigenvalue weighted by Crippen LogP contribution is -2.42. The van der Waals surface area contributed by atoms with Gasteiger partial charge in [-0.15, -0.1) is 0 Å². The number of nitrogens with zero attached hydrogens (tertiary/aromatic N) is 4. The van der Waals surface area contributed by atoms with E-state index < -0.39 is 0 Å². The Hall–Kier alpha value is -4.72. The fourth-order valence-electron chi connectivity index (χ4n) is 5.78. The number of hydrogen-bond donors (Lipinski definition) is 1. The van der Waals surface area contributed by atoms with Gasteiger partial charge in [-0.2, -0.15) is 0 Å². The number of ether oxygens (including phenoxy) is 1. The van der Waals surface area contributed by atoms with E-state index >= 15 is 0 Å². The van der Waals surface area contributed by atoms with Crippen molar-refractivity contribution in [1.29, 1.82) is 5.41 Å². The number of fused-ring (bicyclic) bond motifs is 2. The molecule has 1 aliphatic heterocycles. The molecule has 0 aliphatic carbocycles. The third-order valence-electron chi connectivity index (χ3n) is 8.13. The topological polar surface area (TPSA) is 92.7 Å². The molecule has 2 aromatic carbocycles. The number of nitrogens with one attached hydrogen (secondary N) is 1. The molecule has 1 fully saturated rings. The van der Waals surface area contributed by atoms with Gasteiger partial charge in [-0.05, 0) is 73.1 Å². The highest BCUT2D eigenvalue weighted by Gasteiger charge is 2.26. The van der Waals surface area contributed by atoms with Crippen LogP contribution in [0.4, 0.5) is 0 Å². The molecule has 5 aromatic rings. The van der Waals surface area contributed by atoms with Gasteiger partial charge in [0, 0.05) is 19.3 Å². The molecule has 1 N–H and O–H groups in total. The quantitative estimate of drug-likeness (QED) is 0.315. The number of piperidine rings is 1. The van der Waals surface area contributed by atoms with Crippen molar-refractivity contribution in [2.75, 3.05) is 20.2 Å². The molecule has 6 rings (SSSR count). The molecule has 4 heterocycles. The third kappa shape index (κ3) is 5.13. The van der Waals surface area contributed by atoms with Crippen LogP contribution in [0.1, 0.15) is 39.9 Å². The lowest BCUT2D eigenvalue weighted by molar-refractivity contribution is 0.0687. The Morgan fingerprint density at radius 3 is 2.41 bits per heavy atom. The van der Waals surface area contributed by atoms with Crippen molar-refractivity contribution in [3.63, 3.8) is 0 Å². The standard InChI is InChI=1S/C33H33N5O3/c1-22-7-6-16-37-30(22)35-31-28(33(37)40)20-27(29(34)38(31)21-25-10-12-26(41-2)13-11-25)32(39)36-17-14-24(15-18-36)19-23-8-4-3-5-9-23/h3-13,16,20,24,34H,14-15,17-19,21H2,1-2H3. The molecule has 0 unspecified atom stereocenters. The number of aryl methyl sites for hydroxylation is 1. The maximum absolute atomic E-state index is 13.9. The van der Waals surface area contributed by atoms with Crippen LogP contribution in [-0.4, -0.2) is 45.0 Å². The van der Waals surface area contributed by atoms with E-state index in [9.17, 15) is 9.59 Å². The summed E-state index contributed by atoms with van der Waals surface area (Å²) in [6.45, 7) is 3.44. The summed E-state index contributed by atoms with van der Waals surface area (Å²) >= 11 is 0. The zero-order chi connectivity index (χ0) is 28.5. The van der Waals surface area contributed by atoms with Gasteiger partial charge in [-0.1, -0.05) is 48.5 Å². The van der Waals surface area contributed by atoms with Gasteiger partial charge >= 0.3 is 0 Å². The van der Waals surface area contributed by atoms with Gasteiger partial charge in [0.15, 0.2) is 0 Å². The second-order valence-electron chi connectivity index (χ2n) is 10.8. The number of rotatable bonds is 6. The van der Waals surface area contributed by atoms with Gasteiger partial charge in [0.2, 0.25) is 0 Å². The van der Waals surface area contributed by atoms with Crippen molar-refractivity contribution in [2.45, 2.75) is 32.7 Å².